The Hall–Kier alpha value is -0.760. The summed E-state index contributed by atoms with van der Waals surface area (Å²) in [6.07, 6.45) is 0.657. The van der Waals surface area contributed by atoms with Crippen LogP contribution in [0.3, 0.4) is 0 Å². The van der Waals surface area contributed by atoms with Gasteiger partial charge in [0.25, 0.3) is 0 Å². The zero-order chi connectivity index (χ0) is 8.97. The fourth-order valence-corrected chi connectivity index (χ4v) is 0.874. The van der Waals surface area contributed by atoms with Gasteiger partial charge in [-0.1, -0.05) is 11.6 Å². The molecule has 0 saturated heterocycles. The molecule has 0 aliphatic carbocycles. The number of halogens is 2. The van der Waals surface area contributed by atoms with E-state index in [9.17, 15) is 4.39 Å². The van der Waals surface area contributed by atoms with Crippen molar-refractivity contribution in [3.8, 4) is 5.75 Å². The van der Waals surface area contributed by atoms with Gasteiger partial charge in [-0.25, -0.2) is 4.39 Å². The van der Waals surface area contributed by atoms with E-state index in [0.717, 1.165) is 0 Å². The Labute approximate surface area is 76.1 Å². The zero-order valence-electron chi connectivity index (χ0n) is 6.52. The van der Waals surface area contributed by atoms with Gasteiger partial charge < -0.3 is 4.74 Å². The average molecular weight is 188 g/mol. The van der Waals surface area contributed by atoms with Gasteiger partial charge in [0, 0.05) is 6.07 Å². The third-order valence-electron chi connectivity index (χ3n) is 1.30. The summed E-state index contributed by atoms with van der Waals surface area (Å²) in [7, 11) is 0. The molecule has 1 nitrogen and oxygen atoms in total. The van der Waals surface area contributed by atoms with Crippen LogP contribution in [0.1, 0.15) is 6.42 Å². The van der Waals surface area contributed by atoms with Gasteiger partial charge in [-0.2, -0.15) is 0 Å². The highest BCUT2D eigenvalue weighted by Gasteiger charge is 2.00. The second kappa shape index (κ2) is 4.31. The lowest BCUT2D eigenvalue weighted by molar-refractivity contribution is 0.322. The average Bonchev–Trinajstić information content (AvgIpc) is 2.07. The van der Waals surface area contributed by atoms with E-state index in [1.54, 1.807) is 6.07 Å². The molecule has 0 atom stereocenters. The van der Waals surface area contributed by atoms with E-state index in [2.05, 4.69) is 6.92 Å². The zero-order valence-corrected chi connectivity index (χ0v) is 7.27. The van der Waals surface area contributed by atoms with Crippen LogP contribution in [0.4, 0.5) is 4.39 Å². The molecule has 0 fully saturated rings. The van der Waals surface area contributed by atoms with Crippen molar-refractivity contribution in [1.29, 1.82) is 0 Å². The van der Waals surface area contributed by atoms with E-state index in [-0.39, 0.29) is 5.02 Å². The van der Waals surface area contributed by atoms with Crippen LogP contribution in [0.5, 0.6) is 5.75 Å². The third-order valence-corrected chi connectivity index (χ3v) is 1.61. The van der Waals surface area contributed by atoms with E-state index in [4.69, 9.17) is 16.3 Å². The van der Waals surface area contributed by atoms with Crippen LogP contribution >= 0.6 is 11.6 Å². The quantitative estimate of drug-likeness (QED) is 0.707. The lowest BCUT2D eigenvalue weighted by Gasteiger charge is -2.03. The fraction of sp³-hybridized carbons (Fsp3) is 0.222. The Morgan fingerprint density at radius 3 is 2.83 bits per heavy atom. The minimum absolute atomic E-state index is 0.108. The van der Waals surface area contributed by atoms with Gasteiger partial charge in [0.05, 0.1) is 11.6 Å². The highest BCUT2D eigenvalue weighted by molar-refractivity contribution is 6.30. The summed E-state index contributed by atoms with van der Waals surface area (Å²) in [5.41, 5.74) is 0. The van der Waals surface area contributed by atoms with Crippen LogP contribution in [0.25, 0.3) is 0 Å². The molecule has 0 spiro atoms. The maximum absolute atomic E-state index is 12.8. The van der Waals surface area contributed by atoms with E-state index in [1.165, 1.54) is 12.1 Å². The Bertz CT molecular complexity index is 263. The molecule has 0 bridgehead atoms. The van der Waals surface area contributed by atoms with E-state index >= 15 is 0 Å². The van der Waals surface area contributed by atoms with Crippen molar-refractivity contribution in [1.82, 2.24) is 0 Å². The van der Waals surface area contributed by atoms with Gasteiger partial charge in [0.1, 0.15) is 11.6 Å². The van der Waals surface area contributed by atoms with Crippen LogP contribution < -0.4 is 4.74 Å². The first-order valence-electron chi connectivity index (χ1n) is 3.61. The number of hydrogen-bond donors (Lipinski definition) is 0. The Kier molecular flexibility index (Phi) is 3.35. The highest BCUT2D eigenvalue weighted by Crippen LogP contribution is 2.20. The minimum Gasteiger partial charge on any atom is -0.493 e. The molecule has 0 amide bonds. The summed E-state index contributed by atoms with van der Waals surface area (Å²) < 4.78 is 17.9. The van der Waals surface area contributed by atoms with Crippen LogP contribution in [0, 0.1) is 12.7 Å². The third kappa shape index (κ3) is 2.38. The molecule has 1 radical (unpaired) electrons. The molecule has 12 heavy (non-hydrogen) atoms. The highest BCUT2D eigenvalue weighted by atomic mass is 35.5. The van der Waals surface area contributed by atoms with Gasteiger partial charge in [-0.15, -0.1) is 0 Å². The number of hydrogen-bond acceptors (Lipinski definition) is 1. The first kappa shape index (κ1) is 9.33. The maximum Gasteiger partial charge on any atom is 0.145 e. The van der Waals surface area contributed by atoms with Crippen LogP contribution in [0.15, 0.2) is 18.2 Å². The second-order valence-electron chi connectivity index (χ2n) is 2.28. The first-order chi connectivity index (χ1) is 5.74. The number of ether oxygens (including phenoxy) is 1. The summed E-state index contributed by atoms with van der Waals surface area (Å²) >= 11 is 5.47. The molecule has 0 aromatic heterocycles. The van der Waals surface area contributed by atoms with Gasteiger partial charge in [0.2, 0.25) is 0 Å². The van der Waals surface area contributed by atoms with Crippen LogP contribution in [-0.4, -0.2) is 6.61 Å². The summed E-state index contributed by atoms with van der Waals surface area (Å²) in [5.74, 6) is 0.0266. The summed E-state index contributed by atoms with van der Waals surface area (Å²) in [6, 6.07) is 4.36. The van der Waals surface area contributed by atoms with Crippen molar-refractivity contribution in [3.05, 3.63) is 36.0 Å². The summed E-state index contributed by atoms with van der Waals surface area (Å²) in [6.45, 7) is 4.08. The van der Waals surface area contributed by atoms with Crippen molar-refractivity contribution in [2.45, 2.75) is 6.42 Å². The van der Waals surface area contributed by atoms with E-state index < -0.39 is 5.82 Å². The van der Waals surface area contributed by atoms with E-state index in [1.807, 2.05) is 0 Å². The molecular weight excluding hydrogens is 179 g/mol. The predicted octanol–water partition coefficient (Wildman–Crippen LogP) is 3.08. The van der Waals surface area contributed by atoms with Crippen molar-refractivity contribution < 1.29 is 9.13 Å². The molecule has 3 heteroatoms. The lowest BCUT2D eigenvalue weighted by atomic mass is 10.3. The molecule has 0 saturated carbocycles. The normalized spacial score (nSPS) is 9.92. The maximum atomic E-state index is 12.8. The molecule has 0 unspecified atom stereocenters. The smallest absolute Gasteiger partial charge is 0.145 e. The summed E-state index contributed by atoms with van der Waals surface area (Å²) in [5, 5.41) is 0.108. The van der Waals surface area contributed by atoms with Gasteiger partial charge in [-0.3, -0.25) is 0 Å². The number of rotatable bonds is 3. The molecule has 1 aromatic carbocycles. The largest absolute Gasteiger partial charge is 0.493 e. The Morgan fingerprint density at radius 2 is 2.25 bits per heavy atom. The lowest BCUT2D eigenvalue weighted by Crippen LogP contribution is -1.95. The molecule has 0 heterocycles. The minimum atomic E-state index is -0.460. The van der Waals surface area contributed by atoms with Gasteiger partial charge in [0.15, 0.2) is 0 Å². The monoisotopic (exact) mass is 187 g/mol. The van der Waals surface area contributed by atoms with Gasteiger partial charge in [-0.05, 0) is 25.5 Å². The molecule has 1 aromatic rings. The fourth-order valence-electron chi connectivity index (χ4n) is 0.757. The summed E-state index contributed by atoms with van der Waals surface area (Å²) in [4.78, 5) is 0. The van der Waals surface area contributed by atoms with Crippen molar-refractivity contribution in [2.75, 3.05) is 6.61 Å². The standard InChI is InChI=1S/C9H9ClFO/c1-2-5-12-7-3-4-8(10)9(11)6-7/h3-4,6H,1-2,5H2. The van der Waals surface area contributed by atoms with Gasteiger partial charge >= 0.3 is 0 Å². The molecule has 0 aliphatic rings. The SMILES string of the molecule is [CH2]CCOc1ccc(Cl)c(F)c1. The molecular formula is C9H9ClFO. The topological polar surface area (TPSA) is 9.23 Å². The molecule has 0 aliphatic heterocycles. The van der Waals surface area contributed by atoms with Crippen molar-refractivity contribution in [2.24, 2.45) is 0 Å². The molecule has 0 N–H and O–H groups in total. The Balaban J connectivity index is 2.69. The predicted molar refractivity (Wildman–Crippen MR) is 46.9 cm³/mol. The second-order valence-corrected chi connectivity index (χ2v) is 2.69. The number of benzene rings is 1. The molecule has 1 rings (SSSR count). The first-order valence-corrected chi connectivity index (χ1v) is 3.99. The van der Waals surface area contributed by atoms with Crippen LogP contribution in [0.2, 0.25) is 5.02 Å². The van der Waals surface area contributed by atoms with Crippen molar-refractivity contribution >= 4 is 11.6 Å². The Morgan fingerprint density at radius 1 is 1.50 bits per heavy atom. The van der Waals surface area contributed by atoms with Crippen molar-refractivity contribution in [3.63, 3.8) is 0 Å². The molecule has 65 valence electrons. The van der Waals surface area contributed by atoms with Crippen LogP contribution in [-0.2, 0) is 0 Å². The van der Waals surface area contributed by atoms with E-state index in [0.29, 0.717) is 18.8 Å².